The largest absolute Gasteiger partial charge is 0.356 e. The Kier molecular flexibility index (Phi) is 7.46. The Morgan fingerprint density at radius 1 is 1.12 bits per heavy atom. The van der Waals surface area contributed by atoms with E-state index in [1.165, 1.54) is 0 Å². The van der Waals surface area contributed by atoms with Crippen molar-refractivity contribution >= 4 is 15.8 Å². The maximum absolute atomic E-state index is 12.2. The van der Waals surface area contributed by atoms with Crippen LogP contribution in [0.4, 0.5) is 0 Å². The molecule has 0 fully saturated rings. The lowest BCUT2D eigenvalue weighted by atomic mass is 10.4. The van der Waals surface area contributed by atoms with Crippen molar-refractivity contribution in [3.63, 3.8) is 0 Å². The Bertz CT molecular complexity index is 743. The smallest absolute Gasteiger partial charge is 0.190 e. The fourth-order valence-corrected chi connectivity index (χ4v) is 3.65. The number of hydrogen-bond donors (Lipinski definition) is 2. The van der Waals surface area contributed by atoms with Crippen molar-refractivity contribution in [3.05, 3.63) is 48.8 Å². The average molecular weight is 363 g/mol. The van der Waals surface area contributed by atoms with Crippen molar-refractivity contribution in [2.75, 3.05) is 25.9 Å². The van der Waals surface area contributed by atoms with E-state index in [0.717, 1.165) is 19.5 Å². The van der Waals surface area contributed by atoms with E-state index in [9.17, 15) is 8.42 Å². The molecule has 1 heterocycles. The van der Waals surface area contributed by atoms with Crippen molar-refractivity contribution in [2.45, 2.75) is 24.3 Å². The quantitative estimate of drug-likeness (QED) is 0.398. The molecule has 0 saturated carbocycles. The second-order valence-corrected chi connectivity index (χ2v) is 7.64. The molecule has 0 radical (unpaired) electrons. The van der Waals surface area contributed by atoms with Crippen LogP contribution in [0.25, 0.3) is 0 Å². The summed E-state index contributed by atoms with van der Waals surface area (Å²) < 4.78 is 26.3. The molecule has 8 heteroatoms. The summed E-state index contributed by atoms with van der Waals surface area (Å²) in [5, 5.41) is 10.5. The Morgan fingerprint density at radius 3 is 2.48 bits per heavy atom. The Labute approximate surface area is 149 Å². The normalized spacial score (nSPS) is 12.1. The van der Waals surface area contributed by atoms with Gasteiger partial charge in [0, 0.05) is 39.1 Å². The minimum absolute atomic E-state index is 0.111. The van der Waals surface area contributed by atoms with Gasteiger partial charge in [-0.1, -0.05) is 18.2 Å². The van der Waals surface area contributed by atoms with Crippen LogP contribution in [0.2, 0.25) is 0 Å². The van der Waals surface area contributed by atoms with E-state index < -0.39 is 9.84 Å². The van der Waals surface area contributed by atoms with Crippen LogP contribution in [0.3, 0.4) is 0 Å². The van der Waals surface area contributed by atoms with Crippen molar-refractivity contribution in [3.8, 4) is 0 Å². The highest BCUT2D eigenvalue weighted by molar-refractivity contribution is 7.91. The summed E-state index contributed by atoms with van der Waals surface area (Å²) in [6.07, 6.45) is 5.13. The van der Waals surface area contributed by atoms with Gasteiger partial charge in [-0.3, -0.25) is 9.67 Å². The summed E-state index contributed by atoms with van der Waals surface area (Å²) in [6.45, 7) is 2.15. The summed E-state index contributed by atoms with van der Waals surface area (Å²) >= 11 is 0. The van der Waals surface area contributed by atoms with Gasteiger partial charge in [-0.15, -0.1) is 0 Å². The predicted molar refractivity (Wildman–Crippen MR) is 99.3 cm³/mol. The Hall–Kier alpha value is -2.35. The van der Waals surface area contributed by atoms with Crippen molar-refractivity contribution < 1.29 is 8.42 Å². The predicted octanol–water partition coefficient (Wildman–Crippen LogP) is 1.30. The molecular weight excluding hydrogens is 338 g/mol. The number of rotatable bonds is 9. The van der Waals surface area contributed by atoms with Crippen LogP contribution in [0.5, 0.6) is 0 Å². The van der Waals surface area contributed by atoms with Crippen molar-refractivity contribution in [2.24, 2.45) is 4.99 Å². The van der Waals surface area contributed by atoms with Crippen LogP contribution >= 0.6 is 0 Å². The number of sulfone groups is 1. The van der Waals surface area contributed by atoms with Gasteiger partial charge in [0.15, 0.2) is 15.8 Å². The number of aliphatic imine (C=N–C) groups is 1. The Balaban J connectivity index is 1.64. The Morgan fingerprint density at radius 2 is 1.84 bits per heavy atom. The molecule has 1 aromatic carbocycles. The lowest BCUT2D eigenvalue weighted by molar-refractivity contribution is 0.570. The van der Waals surface area contributed by atoms with E-state index in [4.69, 9.17) is 0 Å². The van der Waals surface area contributed by atoms with Crippen LogP contribution in [-0.4, -0.2) is 50.0 Å². The molecule has 0 aliphatic rings. The number of guanidine groups is 1. The minimum atomic E-state index is -3.22. The molecule has 0 amide bonds. The third kappa shape index (κ3) is 6.58. The van der Waals surface area contributed by atoms with Crippen LogP contribution in [0, 0.1) is 0 Å². The van der Waals surface area contributed by atoms with E-state index in [-0.39, 0.29) is 5.75 Å². The summed E-state index contributed by atoms with van der Waals surface area (Å²) in [7, 11) is -1.52. The van der Waals surface area contributed by atoms with Gasteiger partial charge in [0.05, 0.1) is 10.6 Å². The van der Waals surface area contributed by atoms with Gasteiger partial charge >= 0.3 is 0 Å². The number of aromatic nitrogens is 2. The first-order valence-corrected chi connectivity index (χ1v) is 9.97. The van der Waals surface area contributed by atoms with E-state index in [0.29, 0.717) is 23.8 Å². The molecule has 136 valence electrons. The first kappa shape index (κ1) is 19.0. The molecule has 0 saturated heterocycles. The average Bonchev–Trinajstić information content (AvgIpc) is 3.14. The van der Waals surface area contributed by atoms with Gasteiger partial charge in [0.2, 0.25) is 0 Å². The molecule has 2 rings (SSSR count). The minimum Gasteiger partial charge on any atom is -0.356 e. The topological polar surface area (TPSA) is 88.4 Å². The molecule has 0 aliphatic carbocycles. The van der Waals surface area contributed by atoms with Gasteiger partial charge in [0.1, 0.15) is 0 Å². The van der Waals surface area contributed by atoms with Crippen LogP contribution < -0.4 is 10.6 Å². The number of aryl methyl sites for hydroxylation is 1. The highest BCUT2D eigenvalue weighted by Crippen LogP contribution is 2.10. The van der Waals surface area contributed by atoms with Crippen LogP contribution in [0.1, 0.15) is 12.8 Å². The third-order valence-electron chi connectivity index (χ3n) is 3.62. The summed E-state index contributed by atoms with van der Waals surface area (Å²) in [5.74, 6) is 0.790. The third-order valence-corrected chi connectivity index (χ3v) is 5.44. The highest BCUT2D eigenvalue weighted by Gasteiger charge is 2.13. The molecule has 25 heavy (non-hydrogen) atoms. The summed E-state index contributed by atoms with van der Waals surface area (Å²) in [4.78, 5) is 4.51. The monoisotopic (exact) mass is 363 g/mol. The molecule has 7 nitrogen and oxygen atoms in total. The molecule has 2 N–H and O–H groups in total. The van der Waals surface area contributed by atoms with Crippen molar-refractivity contribution in [1.29, 1.82) is 0 Å². The number of nitrogens with zero attached hydrogens (tertiary/aromatic N) is 3. The van der Waals surface area contributed by atoms with Crippen molar-refractivity contribution in [1.82, 2.24) is 20.4 Å². The van der Waals surface area contributed by atoms with Gasteiger partial charge < -0.3 is 10.6 Å². The maximum atomic E-state index is 12.2. The molecular formula is C17H25N5O2S. The second-order valence-electron chi connectivity index (χ2n) is 5.53. The molecule has 0 aliphatic heterocycles. The van der Waals surface area contributed by atoms with E-state index in [1.54, 1.807) is 37.5 Å². The second kappa shape index (κ2) is 9.83. The summed E-state index contributed by atoms with van der Waals surface area (Å²) in [6, 6.07) is 10.4. The zero-order valence-electron chi connectivity index (χ0n) is 14.4. The molecule has 0 atom stereocenters. The van der Waals surface area contributed by atoms with E-state index >= 15 is 0 Å². The summed E-state index contributed by atoms with van der Waals surface area (Å²) in [5.41, 5.74) is 0. The molecule has 1 aromatic heterocycles. The first-order chi connectivity index (χ1) is 12.1. The van der Waals surface area contributed by atoms with Gasteiger partial charge in [-0.05, 0) is 31.0 Å². The zero-order valence-corrected chi connectivity index (χ0v) is 15.2. The molecule has 0 bridgehead atoms. The standard InChI is InChI=1S/C17H25N5O2S/c1-18-17(19-10-5-13-22-14-6-12-21-22)20-11-7-15-25(23,24)16-8-3-2-4-9-16/h2-4,6,8-9,12,14H,5,7,10-11,13,15H2,1H3,(H2,18,19,20). The number of nitrogens with one attached hydrogen (secondary N) is 2. The van der Waals surface area contributed by atoms with Crippen LogP contribution in [-0.2, 0) is 16.4 Å². The van der Waals surface area contributed by atoms with Gasteiger partial charge in [0.25, 0.3) is 0 Å². The van der Waals surface area contributed by atoms with Crippen LogP contribution in [0.15, 0.2) is 58.7 Å². The molecule has 0 spiro atoms. The first-order valence-electron chi connectivity index (χ1n) is 8.31. The van der Waals surface area contributed by atoms with Gasteiger partial charge in [-0.25, -0.2) is 8.42 Å². The molecule has 0 unspecified atom stereocenters. The lowest BCUT2D eigenvalue weighted by Gasteiger charge is -2.12. The molecule has 2 aromatic rings. The highest BCUT2D eigenvalue weighted by atomic mass is 32.2. The van der Waals surface area contributed by atoms with Gasteiger partial charge in [-0.2, -0.15) is 5.10 Å². The fraction of sp³-hybridized carbons (Fsp3) is 0.412. The lowest BCUT2D eigenvalue weighted by Crippen LogP contribution is -2.38. The maximum Gasteiger partial charge on any atom is 0.190 e. The van der Waals surface area contributed by atoms with E-state index in [1.807, 2.05) is 23.0 Å². The van der Waals surface area contributed by atoms with E-state index in [2.05, 4.69) is 20.7 Å². The fourth-order valence-electron chi connectivity index (χ4n) is 2.32. The number of hydrogen-bond acceptors (Lipinski definition) is 4. The number of benzene rings is 1. The zero-order chi connectivity index (χ0) is 18.0. The SMILES string of the molecule is CN=C(NCCCn1cccn1)NCCCS(=O)(=O)c1ccccc1.